The smallest absolute Gasteiger partial charge is 0.111 e. The van der Waals surface area contributed by atoms with Gasteiger partial charge in [0.1, 0.15) is 12.2 Å². The van der Waals surface area contributed by atoms with Crippen molar-refractivity contribution < 1.29 is 10.2 Å². The summed E-state index contributed by atoms with van der Waals surface area (Å²) in [5.74, 6) is 0. The second kappa shape index (κ2) is 6.52. The third-order valence-corrected chi connectivity index (χ3v) is 3.99. The maximum Gasteiger partial charge on any atom is 0.111 e. The van der Waals surface area contributed by atoms with Gasteiger partial charge in [0, 0.05) is 31.2 Å². The lowest BCUT2D eigenvalue weighted by Gasteiger charge is -2.20. The minimum atomic E-state index is -1.22. The Hall–Kier alpha value is -0.480. The average molecular weight is 352 g/mol. The van der Waals surface area contributed by atoms with Crippen molar-refractivity contribution in [1.82, 2.24) is 0 Å². The molecule has 0 heterocycles. The Bertz CT molecular complexity index is 575. The largest absolute Gasteiger partial charge is 0.385 e. The fourth-order valence-electron chi connectivity index (χ4n) is 1.82. The third-order valence-electron chi connectivity index (χ3n) is 2.86. The molecule has 2 N–H and O–H groups in total. The molecule has 20 heavy (non-hydrogen) atoms. The van der Waals surface area contributed by atoms with Crippen LogP contribution in [0.3, 0.4) is 0 Å². The van der Waals surface area contributed by atoms with Crippen molar-refractivity contribution in [1.29, 1.82) is 0 Å². The normalized spacial score (nSPS) is 14.1. The highest BCUT2D eigenvalue weighted by molar-refractivity contribution is 6.35. The molecule has 0 amide bonds. The quantitative estimate of drug-likeness (QED) is 0.810. The Kier molecular flexibility index (Phi) is 5.19. The lowest BCUT2D eigenvalue weighted by Crippen LogP contribution is -2.11. The Balaban J connectivity index is 2.34. The van der Waals surface area contributed by atoms with Crippen molar-refractivity contribution in [2.45, 2.75) is 12.2 Å². The maximum absolute atomic E-state index is 10.2. The van der Waals surface area contributed by atoms with Crippen LogP contribution in [0.5, 0.6) is 0 Å². The third kappa shape index (κ3) is 3.40. The molecule has 2 atom stereocenters. The molecule has 0 fully saturated rings. The summed E-state index contributed by atoms with van der Waals surface area (Å²) < 4.78 is 0. The molecule has 0 saturated heterocycles. The van der Waals surface area contributed by atoms with Crippen LogP contribution in [0.4, 0.5) is 0 Å². The molecule has 2 nitrogen and oxygen atoms in total. The molecule has 2 aromatic rings. The molecule has 0 unspecified atom stereocenters. The molecule has 0 aliphatic heterocycles. The predicted molar refractivity (Wildman–Crippen MR) is 82.8 cm³/mol. The zero-order valence-electron chi connectivity index (χ0n) is 10.0. The first-order chi connectivity index (χ1) is 9.40. The van der Waals surface area contributed by atoms with Crippen LogP contribution in [0.15, 0.2) is 36.4 Å². The van der Waals surface area contributed by atoms with E-state index in [1.54, 1.807) is 24.3 Å². The van der Waals surface area contributed by atoms with E-state index < -0.39 is 12.2 Å². The van der Waals surface area contributed by atoms with Crippen molar-refractivity contribution in [2.24, 2.45) is 0 Å². The molecule has 0 aliphatic carbocycles. The number of aliphatic hydroxyl groups excluding tert-OH is 2. The van der Waals surface area contributed by atoms with Gasteiger partial charge in [0.15, 0.2) is 0 Å². The minimum Gasteiger partial charge on any atom is -0.385 e. The lowest BCUT2D eigenvalue weighted by molar-refractivity contribution is 0.0174. The fraction of sp³-hybridized carbons (Fsp3) is 0.143. The van der Waals surface area contributed by atoms with Crippen LogP contribution in [0, 0.1) is 0 Å². The van der Waals surface area contributed by atoms with E-state index in [4.69, 9.17) is 46.4 Å². The van der Waals surface area contributed by atoms with Crippen LogP contribution >= 0.6 is 46.4 Å². The topological polar surface area (TPSA) is 40.5 Å². The molecule has 0 aromatic heterocycles. The van der Waals surface area contributed by atoms with E-state index in [0.29, 0.717) is 21.2 Å². The highest BCUT2D eigenvalue weighted by Crippen LogP contribution is 2.37. The summed E-state index contributed by atoms with van der Waals surface area (Å²) in [4.78, 5) is 0. The van der Waals surface area contributed by atoms with E-state index in [9.17, 15) is 10.2 Å². The predicted octanol–water partition coefficient (Wildman–Crippen LogP) is 5.07. The summed E-state index contributed by atoms with van der Waals surface area (Å²) in [5.41, 5.74) is 0.740. The van der Waals surface area contributed by atoms with Crippen LogP contribution in [0.1, 0.15) is 23.3 Å². The highest BCUT2D eigenvalue weighted by atomic mass is 35.5. The summed E-state index contributed by atoms with van der Waals surface area (Å²) in [6, 6.07) is 9.28. The van der Waals surface area contributed by atoms with Gasteiger partial charge < -0.3 is 10.2 Å². The number of hydrogen-bond acceptors (Lipinski definition) is 2. The lowest BCUT2D eigenvalue weighted by atomic mass is 9.98. The Labute approximate surface area is 136 Å². The van der Waals surface area contributed by atoms with Crippen molar-refractivity contribution in [2.75, 3.05) is 0 Å². The molecule has 6 heteroatoms. The van der Waals surface area contributed by atoms with Crippen molar-refractivity contribution >= 4 is 46.4 Å². The summed E-state index contributed by atoms with van der Waals surface area (Å²) in [6.07, 6.45) is -2.45. The molecule has 0 spiro atoms. The Morgan fingerprint density at radius 2 is 1.00 bits per heavy atom. The molecule has 0 bridgehead atoms. The molecular weight excluding hydrogens is 342 g/mol. The number of rotatable bonds is 3. The monoisotopic (exact) mass is 350 g/mol. The van der Waals surface area contributed by atoms with E-state index in [2.05, 4.69) is 0 Å². The SMILES string of the molecule is O[C@@H](c1ccc(Cl)cc1Cl)[C@@H](O)c1ccc(Cl)cc1Cl. The minimum absolute atomic E-state index is 0.272. The van der Waals surface area contributed by atoms with Gasteiger partial charge in [-0.15, -0.1) is 0 Å². The Morgan fingerprint density at radius 3 is 1.30 bits per heavy atom. The average Bonchev–Trinajstić information content (AvgIpc) is 2.37. The van der Waals surface area contributed by atoms with E-state index in [1.165, 1.54) is 12.1 Å². The summed E-state index contributed by atoms with van der Waals surface area (Å²) in [5, 5.41) is 21.9. The summed E-state index contributed by atoms with van der Waals surface area (Å²) in [6.45, 7) is 0. The molecule has 2 rings (SSSR count). The second-order valence-corrected chi connectivity index (χ2v) is 5.91. The van der Waals surface area contributed by atoms with Gasteiger partial charge in [-0.25, -0.2) is 0 Å². The number of aliphatic hydroxyl groups is 2. The number of halogens is 4. The van der Waals surface area contributed by atoms with Crippen LogP contribution in [0.25, 0.3) is 0 Å². The molecular formula is C14H10Cl4O2. The molecule has 106 valence electrons. The standard InChI is InChI=1S/C14H10Cl4O2/c15-7-1-3-9(11(17)5-7)13(19)14(20)10-4-2-8(16)6-12(10)18/h1-6,13-14,19-20H/t13-,14-/m0/s1. The van der Waals surface area contributed by atoms with Gasteiger partial charge in [-0.05, 0) is 24.3 Å². The highest BCUT2D eigenvalue weighted by Gasteiger charge is 2.24. The van der Waals surface area contributed by atoms with Gasteiger partial charge in [-0.1, -0.05) is 58.5 Å². The molecule has 0 aliphatic rings. The fourth-order valence-corrected chi connectivity index (χ4v) is 2.86. The zero-order valence-corrected chi connectivity index (χ0v) is 13.0. The van der Waals surface area contributed by atoms with Crippen LogP contribution in [-0.2, 0) is 0 Å². The first kappa shape index (κ1) is 15.9. The van der Waals surface area contributed by atoms with Gasteiger partial charge in [0.2, 0.25) is 0 Å². The van der Waals surface area contributed by atoms with E-state index in [0.717, 1.165) is 0 Å². The van der Waals surface area contributed by atoms with Crippen LogP contribution in [-0.4, -0.2) is 10.2 Å². The zero-order chi connectivity index (χ0) is 14.9. The summed E-state index contributed by atoms with van der Waals surface area (Å²) in [7, 11) is 0. The first-order valence-electron chi connectivity index (χ1n) is 5.66. The molecule has 0 radical (unpaired) electrons. The first-order valence-corrected chi connectivity index (χ1v) is 7.17. The van der Waals surface area contributed by atoms with Gasteiger partial charge in [-0.3, -0.25) is 0 Å². The second-order valence-electron chi connectivity index (χ2n) is 4.22. The van der Waals surface area contributed by atoms with E-state index in [-0.39, 0.29) is 10.0 Å². The van der Waals surface area contributed by atoms with Crippen LogP contribution in [0.2, 0.25) is 20.1 Å². The maximum atomic E-state index is 10.2. The van der Waals surface area contributed by atoms with Gasteiger partial charge in [0.25, 0.3) is 0 Å². The summed E-state index contributed by atoms with van der Waals surface area (Å²) >= 11 is 23.6. The Morgan fingerprint density at radius 1 is 0.650 bits per heavy atom. The number of benzene rings is 2. The van der Waals surface area contributed by atoms with E-state index >= 15 is 0 Å². The molecule has 0 saturated carbocycles. The van der Waals surface area contributed by atoms with E-state index in [1.807, 2.05) is 0 Å². The van der Waals surface area contributed by atoms with Gasteiger partial charge in [0.05, 0.1) is 0 Å². The van der Waals surface area contributed by atoms with Crippen molar-refractivity contribution in [3.8, 4) is 0 Å². The molecule has 2 aromatic carbocycles. The van der Waals surface area contributed by atoms with Crippen molar-refractivity contribution in [3.05, 3.63) is 67.6 Å². The van der Waals surface area contributed by atoms with Gasteiger partial charge in [-0.2, -0.15) is 0 Å². The van der Waals surface area contributed by atoms with Crippen molar-refractivity contribution in [3.63, 3.8) is 0 Å². The van der Waals surface area contributed by atoms with Gasteiger partial charge >= 0.3 is 0 Å². The van der Waals surface area contributed by atoms with Crippen LogP contribution < -0.4 is 0 Å². The number of hydrogen-bond donors (Lipinski definition) is 2.